The van der Waals surface area contributed by atoms with E-state index >= 15 is 0 Å². The van der Waals surface area contributed by atoms with E-state index in [1.807, 2.05) is 31.2 Å². The number of carbonyl (C=O) groups is 1. The van der Waals surface area contributed by atoms with Gasteiger partial charge in [-0.15, -0.1) is 0 Å². The molecule has 2 aromatic carbocycles. The molecular formula is C29H42O3. The van der Waals surface area contributed by atoms with Crippen LogP contribution in [0.2, 0.25) is 0 Å². The van der Waals surface area contributed by atoms with Crippen LogP contribution in [-0.4, -0.2) is 12.6 Å². The molecule has 32 heavy (non-hydrogen) atoms. The highest BCUT2D eigenvalue weighted by molar-refractivity contribution is 5.69. The quantitative estimate of drug-likeness (QED) is 0.194. The van der Waals surface area contributed by atoms with Gasteiger partial charge in [-0.1, -0.05) is 102 Å². The summed E-state index contributed by atoms with van der Waals surface area (Å²) in [5.74, 6) is 0.812. The van der Waals surface area contributed by atoms with E-state index in [4.69, 9.17) is 9.47 Å². The van der Waals surface area contributed by atoms with E-state index in [0.717, 1.165) is 48.3 Å². The molecule has 0 amide bonds. The summed E-state index contributed by atoms with van der Waals surface area (Å²) in [6, 6.07) is 16.4. The van der Waals surface area contributed by atoms with Crippen molar-refractivity contribution in [2.75, 3.05) is 6.61 Å². The van der Waals surface area contributed by atoms with E-state index < -0.39 is 0 Å². The number of hydrogen-bond acceptors (Lipinski definition) is 3. The lowest BCUT2D eigenvalue weighted by Crippen LogP contribution is -2.08. The largest absolute Gasteiger partial charge is 0.494 e. The minimum absolute atomic E-state index is 0.0906. The Morgan fingerprint density at radius 1 is 0.719 bits per heavy atom. The number of hydrogen-bond donors (Lipinski definition) is 0. The molecule has 0 N–H and O–H groups in total. The summed E-state index contributed by atoms with van der Waals surface area (Å²) < 4.78 is 11.3. The molecule has 0 heterocycles. The number of esters is 1. The normalized spacial score (nSPS) is 11.8. The van der Waals surface area contributed by atoms with Crippen LogP contribution < -0.4 is 4.74 Å². The molecule has 2 rings (SSSR count). The fourth-order valence-electron chi connectivity index (χ4n) is 3.81. The van der Waals surface area contributed by atoms with E-state index in [1.54, 1.807) is 0 Å². The molecule has 0 fully saturated rings. The molecule has 0 saturated heterocycles. The number of ether oxygens (including phenoxy) is 2. The second-order valence-corrected chi connectivity index (χ2v) is 8.71. The average molecular weight is 439 g/mol. The second-order valence-electron chi connectivity index (χ2n) is 8.71. The predicted molar refractivity (Wildman–Crippen MR) is 134 cm³/mol. The summed E-state index contributed by atoms with van der Waals surface area (Å²) >= 11 is 0. The van der Waals surface area contributed by atoms with Gasteiger partial charge >= 0.3 is 5.97 Å². The van der Waals surface area contributed by atoms with Crippen molar-refractivity contribution in [2.24, 2.45) is 0 Å². The van der Waals surface area contributed by atoms with Crippen LogP contribution in [0.1, 0.15) is 103 Å². The zero-order valence-corrected chi connectivity index (χ0v) is 20.4. The van der Waals surface area contributed by atoms with Crippen molar-refractivity contribution in [1.82, 2.24) is 0 Å². The van der Waals surface area contributed by atoms with Gasteiger partial charge in [0.15, 0.2) is 0 Å². The molecule has 1 atom stereocenters. The number of rotatable bonds is 16. The van der Waals surface area contributed by atoms with Gasteiger partial charge in [0.2, 0.25) is 0 Å². The molecule has 3 heteroatoms. The molecule has 0 aliphatic carbocycles. The predicted octanol–water partition coefficient (Wildman–Crippen LogP) is 8.67. The Morgan fingerprint density at radius 3 is 1.81 bits per heavy atom. The Balaban J connectivity index is 1.68. The van der Waals surface area contributed by atoms with Gasteiger partial charge in [0, 0.05) is 6.42 Å². The van der Waals surface area contributed by atoms with E-state index in [-0.39, 0.29) is 12.1 Å². The van der Waals surface area contributed by atoms with Gasteiger partial charge in [0.05, 0.1) is 6.61 Å². The van der Waals surface area contributed by atoms with Gasteiger partial charge < -0.3 is 9.47 Å². The van der Waals surface area contributed by atoms with Crippen molar-refractivity contribution >= 4 is 5.97 Å². The first-order chi connectivity index (χ1) is 15.6. The summed E-state index contributed by atoms with van der Waals surface area (Å²) in [7, 11) is 0. The monoisotopic (exact) mass is 438 g/mol. The Bertz CT molecular complexity index is 749. The number of benzene rings is 2. The smallest absolute Gasteiger partial charge is 0.306 e. The topological polar surface area (TPSA) is 35.5 Å². The van der Waals surface area contributed by atoms with Crippen molar-refractivity contribution in [1.29, 1.82) is 0 Å². The van der Waals surface area contributed by atoms with Crippen molar-refractivity contribution in [3.63, 3.8) is 0 Å². The minimum Gasteiger partial charge on any atom is -0.494 e. The first kappa shape index (κ1) is 26.0. The van der Waals surface area contributed by atoms with Crippen LogP contribution in [-0.2, 0) is 9.53 Å². The highest BCUT2D eigenvalue weighted by atomic mass is 16.5. The standard InChI is InChI=1S/C29H42O3/c1-4-6-7-8-9-10-11-12-13-14-29(30)32-24(3)25-15-17-26(18-16-25)27-19-21-28(22-20-27)31-23-5-2/h15-22,24H,4-14,23H2,1-3H3. The van der Waals surface area contributed by atoms with Crippen LogP contribution in [0, 0.1) is 0 Å². The van der Waals surface area contributed by atoms with Gasteiger partial charge in [-0.2, -0.15) is 0 Å². The Hall–Kier alpha value is -2.29. The second kappa shape index (κ2) is 15.5. The maximum absolute atomic E-state index is 12.2. The molecule has 0 saturated carbocycles. The SMILES string of the molecule is CCCCCCCCCCCC(=O)OC(C)c1ccc(-c2ccc(OCCC)cc2)cc1. The van der Waals surface area contributed by atoms with Crippen LogP contribution in [0.3, 0.4) is 0 Å². The van der Waals surface area contributed by atoms with Crippen LogP contribution in [0.15, 0.2) is 48.5 Å². The zero-order chi connectivity index (χ0) is 23.0. The van der Waals surface area contributed by atoms with E-state index in [1.165, 1.54) is 44.9 Å². The van der Waals surface area contributed by atoms with E-state index in [2.05, 4.69) is 38.1 Å². The molecule has 0 spiro atoms. The maximum Gasteiger partial charge on any atom is 0.306 e. The highest BCUT2D eigenvalue weighted by Crippen LogP contribution is 2.25. The molecule has 3 nitrogen and oxygen atoms in total. The Labute approximate surface area is 195 Å². The lowest BCUT2D eigenvalue weighted by molar-refractivity contribution is -0.148. The van der Waals surface area contributed by atoms with E-state index in [0.29, 0.717) is 6.42 Å². The van der Waals surface area contributed by atoms with Crippen LogP contribution in [0.4, 0.5) is 0 Å². The van der Waals surface area contributed by atoms with Gasteiger partial charge in [-0.3, -0.25) is 4.79 Å². The third-order valence-electron chi connectivity index (χ3n) is 5.83. The summed E-state index contributed by atoms with van der Waals surface area (Å²) in [4.78, 5) is 12.2. The lowest BCUT2D eigenvalue weighted by atomic mass is 10.0. The van der Waals surface area contributed by atoms with Gasteiger partial charge in [-0.05, 0) is 48.6 Å². The molecule has 0 bridgehead atoms. The molecule has 0 aromatic heterocycles. The Morgan fingerprint density at radius 2 is 1.25 bits per heavy atom. The lowest BCUT2D eigenvalue weighted by Gasteiger charge is -2.14. The van der Waals surface area contributed by atoms with Gasteiger partial charge in [0.25, 0.3) is 0 Å². The molecule has 2 aromatic rings. The van der Waals surface area contributed by atoms with E-state index in [9.17, 15) is 4.79 Å². The summed E-state index contributed by atoms with van der Waals surface area (Å²) in [5, 5.41) is 0. The molecule has 0 aliphatic heterocycles. The Kier molecular flexibility index (Phi) is 12.6. The first-order valence-corrected chi connectivity index (χ1v) is 12.7. The van der Waals surface area contributed by atoms with Crippen molar-refractivity contribution < 1.29 is 14.3 Å². The maximum atomic E-state index is 12.2. The van der Waals surface area contributed by atoms with Crippen molar-refractivity contribution in [2.45, 2.75) is 97.5 Å². The van der Waals surface area contributed by atoms with Crippen LogP contribution in [0.25, 0.3) is 11.1 Å². The average Bonchev–Trinajstić information content (AvgIpc) is 2.82. The third kappa shape index (κ3) is 9.89. The molecule has 1 unspecified atom stereocenters. The molecule has 176 valence electrons. The van der Waals surface area contributed by atoms with Gasteiger partial charge in [0.1, 0.15) is 11.9 Å². The fourth-order valence-corrected chi connectivity index (χ4v) is 3.81. The number of unbranched alkanes of at least 4 members (excludes halogenated alkanes) is 8. The summed E-state index contributed by atoms with van der Waals surface area (Å²) in [6.07, 6.45) is 12.6. The fraction of sp³-hybridized carbons (Fsp3) is 0.552. The van der Waals surface area contributed by atoms with Gasteiger partial charge in [-0.25, -0.2) is 0 Å². The zero-order valence-electron chi connectivity index (χ0n) is 20.4. The highest BCUT2D eigenvalue weighted by Gasteiger charge is 2.12. The third-order valence-corrected chi connectivity index (χ3v) is 5.83. The van der Waals surface area contributed by atoms with Crippen molar-refractivity contribution in [3.05, 3.63) is 54.1 Å². The number of carbonyl (C=O) groups excluding carboxylic acids is 1. The molecular weight excluding hydrogens is 396 g/mol. The molecule has 0 aliphatic rings. The minimum atomic E-state index is -0.222. The first-order valence-electron chi connectivity index (χ1n) is 12.7. The summed E-state index contributed by atoms with van der Waals surface area (Å²) in [5.41, 5.74) is 3.32. The van der Waals surface area contributed by atoms with Crippen LogP contribution >= 0.6 is 0 Å². The summed E-state index contributed by atoms with van der Waals surface area (Å²) in [6.45, 7) is 7.04. The van der Waals surface area contributed by atoms with Crippen molar-refractivity contribution in [3.8, 4) is 16.9 Å². The van der Waals surface area contributed by atoms with Crippen LogP contribution in [0.5, 0.6) is 5.75 Å². The molecule has 0 radical (unpaired) electrons.